The van der Waals surface area contributed by atoms with E-state index in [0.29, 0.717) is 35.0 Å². The molecule has 0 saturated heterocycles. The maximum Gasteiger partial charge on any atom is 0.268 e. The molecule has 0 fully saturated rings. The van der Waals surface area contributed by atoms with Crippen molar-refractivity contribution in [3.63, 3.8) is 0 Å². The van der Waals surface area contributed by atoms with E-state index >= 15 is 0 Å². The Hall–Kier alpha value is -5.54. The molecule has 5 aromatic rings. The van der Waals surface area contributed by atoms with E-state index in [1.54, 1.807) is 30.3 Å². The van der Waals surface area contributed by atoms with Crippen LogP contribution in [-0.4, -0.2) is 26.1 Å². The molecule has 2 heterocycles. The first-order chi connectivity index (χ1) is 18.5. The molecule has 2 aromatic heterocycles. The molecular formula is C29H20FN7O. The Bertz CT molecular complexity index is 1820. The molecule has 0 radical (unpaired) electrons. The van der Waals surface area contributed by atoms with Gasteiger partial charge in [-0.2, -0.15) is 5.26 Å². The second kappa shape index (κ2) is 10.6. The van der Waals surface area contributed by atoms with Crippen molar-refractivity contribution in [3.8, 4) is 23.6 Å². The van der Waals surface area contributed by atoms with Gasteiger partial charge in [0.15, 0.2) is 0 Å². The zero-order valence-electron chi connectivity index (χ0n) is 20.0. The molecule has 0 saturated carbocycles. The van der Waals surface area contributed by atoms with Crippen molar-refractivity contribution in [1.29, 1.82) is 5.26 Å². The molecule has 3 aromatic carbocycles. The normalized spacial score (nSPS) is 10.4. The van der Waals surface area contributed by atoms with Gasteiger partial charge in [-0.25, -0.2) is 19.3 Å². The van der Waals surface area contributed by atoms with E-state index in [1.807, 2.05) is 30.3 Å². The van der Waals surface area contributed by atoms with Crippen LogP contribution >= 0.6 is 0 Å². The number of aromatic nitrogens is 4. The van der Waals surface area contributed by atoms with Gasteiger partial charge in [0.05, 0.1) is 22.8 Å². The zero-order chi connectivity index (χ0) is 26.5. The van der Waals surface area contributed by atoms with Gasteiger partial charge in [0, 0.05) is 18.5 Å². The van der Waals surface area contributed by atoms with Crippen LogP contribution in [0.1, 0.15) is 22.5 Å². The van der Waals surface area contributed by atoms with Crippen LogP contribution in [0, 0.1) is 29.0 Å². The predicted octanol–water partition coefficient (Wildman–Crippen LogP) is 3.82. The summed E-state index contributed by atoms with van der Waals surface area (Å²) in [6.45, 7) is 0.307. The lowest BCUT2D eigenvalue weighted by Crippen LogP contribution is -2.26. The second-order valence-corrected chi connectivity index (χ2v) is 8.24. The fourth-order valence-electron chi connectivity index (χ4n) is 3.99. The lowest BCUT2D eigenvalue weighted by Gasteiger charge is -2.15. The van der Waals surface area contributed by atoms with Gasteiger partial charge in [-0.3, -0.25) is 9.36 Å². The summed E-state index contributed by atoms with van der Waals surface area (Å²) in [7, 11) is 0. The number of nitriles is 1. The fourth-order valence-corrected chi connectivity index (χ4v) is 3.99. The molecule has 0 spiro atoms. The van der Waals surface area contributed by atoms with Crippen LogP contribution < -0.4 is 16.6 Å². The van der Waals surface area contributed by atoms with E-state index in [9.17, 15) is 14.4 Å². The number of anilines is 2. The Balaban J connectivity index is 1.50. The standard InChI is InChI=1S/C29H20FN7O/c30-23-10-5-11-24-26(23)29(38)37(21-9-4-8-20(16-21)17-31)25(36-24)14-15-33-28-22(27(32)34-18-35-28)13-12-19-6-2-1-3-7-19/h1-11,16,18H,14-15H2,(H3,32,33,34,35). The van der Waals surface area contributed by atoms with E-state index in [1.165, 1.54) is 23.0 Å². The first-order valence-electron chi connectivity index (χ1n) is 11.7. The molecule has 0 unspecified atom stereocenters. The second-order valence-electron chi connectivity index (χ2n) is 8.24. The van der Waals surface area contributed by atoms with Crippen LogP contribution in [0.3, 0.4) is 0 Å². The highest BCUT2D eigenvalue weighted by Crippen LogP contribution is 2.19. The molecule has 0 amide bonds. The maximum atomic E-state index is 14.6. The van der Waals surface area contributed by atoms with Gasteiger partial charge in [0.25, 0.3) is 5.56 Å². The van der Waals surface area contributed by atoms with Gasteiger partial charge in [0.1, 0.15) is 40.6 Å². The number of fused-ring (bicyclic) bond motifs is 1. The molecular weight excluding hydrogens is 481 g/mol. The Morgan fingerprint density at radius 1 is 0.974 bits per heavy atom. The molecule has 0 aliphatic carbocycles. The molecule has 9 heteroatoms. The van der Waals surface area contributed by atoms with Crippen LogP contribution in [-0.2, 0) is 6.42 Å². The zero-order valence-corrected chi connectivity index (χ0v) is 20.0. The molecule has 0 aliphatic heterocycles. The highest BCUT2D eigenvalue weighted by molar-refractivity contribution is 5.78. The summed E-state index contributed by atoms with van der Waals surface area (Å²) in [5.74, 6) is 6.48. The Kier molecular flexibility index (Phi) is 6.75. The van der Waals surface area contributed by atoms with E-state index in [2.05, 4.69) is 38.2 Å². The van der Waals surface area contributed by atoms with E-state index in [0.717, 1.165) is 5.56 Å². The van der Waals surface area contributed by atoms with Crippen LogP contribution in [0.2, 0.25) is 0 Å². The monoisotopic (exact) mass is 501 g/mol. The lowest BCUT2D eigenvalue weighted by atomic mass is 10.2. The summed E-state index contributed by atoms with van der Waals surface area (Å²) in [4.78, 5) is 26.4. The van der Waals surface area contributed by atoms with Crippen molar-refractivity contribution in [1.82, 2.24) is 19.5 Å². The average Bonchev–Trinajstić information content (AvgIpc) is 2.93. The number of rotatable bonds is 5. The number of nitrogens with two attached hydrogens (primary N) is 1. The van der Waals surface area contributed by atoms with Crippen molar-refractivity contribution in [2.24, 2.45) is 0 Å². The van der Waals surface area contributed by atoms with Crippen LogP contribution in [0.25, 0.3) is 16.6 Å². The number of hydrogen-bond acceptors (Lipinski definition) is 7. The molecule has 0 aliphatic rings. The number of nitrogens with zero attached hydrogens (tertiary/aromatic N) is 5. The number of halogens is 1. The first-order valence-corrected chi connectivity index (χ1v) is 11.7. The van der Waals surface area contributed by atoms with Crippen molar-refractivity contribution >= 4 is 22.5 Å². The molecule has 5 rings (SSSR count). The quantitative estimate of drug-likeness (QED) is 0.351. The van der Waals surface area contributed by atoms with E-state index in [-0.39, 0.29) is 23.1 Å². The Labute approximate surface area is 217 Å². The summed E-state index contributed by atoms with van der Waals surface area (Å²) in [5, 5.41) is 12.4. The Morgan fingerprint density at radius 3 is 2.58 bits per heavy atom. The van der Waals surface area contributed by atoms with Gasteiger partial charge in [-0.15, -0.1) is 0 Å². The number of hydrogen-bond donors (Lipinski definition) is 2. The summed E-state index contributed by atoms with van der Waals surface area (Å²) in [6.07, 6.45) is 1.61. The summed E-state index contributed by atoms with van der Waals surface area (Å²) >= 11 is 0. The third-order valence-electron chi connectivity index (χ3n) is 5.77. The minimum atomic E-state index is -0.659. The lowest BCUT2D eigenvalue weighted by molar-refractivity contribution is 0.636. The third kappa shape index (κ3) is 4.90. The largest absolute Gasteiger partial charge is 0.382 e. The topological polar surface area (TPSA) is 123 Å². The van der Waals surface area contributed by atoms with Gasteiger partial charge in [-0.1, -0.05) is 42.2 Å². The number of nitrogen functional groups attached to an aromatic ring is 1. The molecule has 38 heavy (non-hydrogen) atoms. The van der Waals surface area contributed by atoms with Gasteiger partial charge < -0.3 is 11.1 Å². The van der Waals surface area contributed by atoms with Crippen molar-refractivity contribution in [3.05, 3.63) is 118 Å². The maximum absolute atomic E-state index is 14.6. The molecule has 0 bridgehead atoms. The Morgan fingerprint density at radius 2 is 1.76 bits per heavy atom. The van der Waals surface area contributed by atoms with Crippen LogP contribution in [0.4, 0.5) is 16.0 Å². The number of nitrogens with one attached hydrogen (secondary N) is 1. The summed E-state index contributed by atoms with van der Waals surface area (Å²) in [6, 6.07) is 22.4. The van der Waals surface area contributed by atoms with E-state index in [4.69, 9.17) is 5.73 Å². The minimum Gasteiger partial charge on any atom is -0.382 e. The summed E-state index contributed by atoms with van der Waals surface area (Å²) < 4.78 is 15.9. The molecule has 8 nitrogen and oxygen atoms in total. The molecule has 184 valence electrons. The fraction of sp³-hybridized carbons (Fsp3) is 0.0690. The predicted molar refractivity (Wildman–Crippen MR) is 143 cm³/mol. The van der Waals surface area contributed by atoms with Crippen LogP contribution in [0.15, 0.2) is 83.9 Å². The minimum absolute atomic E-state index is 0.117. The van der Waals surface area contributed by atoms with Gasteiger partial charge >= 0.3 is 0 Å². The summed E-state index contributed by atoms with van der Waals surface area (Å²) in [5.41, 5.74) is 7.82. The third-order valence-corrected chi connectivity index (χ3v) is 5.77. The van der Waals surface area contributed by atoms with Crippen molar-refractivity contribution in [2.45, 2.75) is 6.42 Å². The first kappa shape index (κ1) is 24.2. The average molecular weight is 502 g/mol. The SMILES string of the molecule is N#Cc1cccc(-n2c(CCNc3ncnc(N)c3C#Cc3ccccc3)nc3cccc(F)c3c2=O)c1. The van der Waals surface area contributed by atoms with Crippen molar-refractivity contribution in [2.75, 3.05) is 17.6 Å². The van der Waals surface area contributed by atoms with Gasteiger partial charge in [-0.05, 0) is 42.5 Å². The van der Waals surface area contributed by atoms with Crippen molar-refractivity contribution < 1.29 is 4.39 Å². The molecule has 3 N–H and O–H groups in total. The van der Waals surface area contributed by atoms with E-state index < -0.39 is 11.4 Å². The smallest absolute Gasteiger partial charge is 0.268 e. The molecule has 0 atom stereocenters. The number of benzene rings is 3. The van der Waals surface area contributed by atoms with Gasteiger partial charge in [0.2, 0.25) is 0 Å². The highest BCUT2D eigenvalue weighted by atomic mass is 19.1. The van der Waals surface area contributed by atoms with Crippen LogP contribution in [0.5, 0.6) is 0 Å². The highest BCUT2D eigenvalue weighted by Gasteiger charge is 2.16.